The van der Waals surface area contributed by atoms with Crippen molar-refractivity contribution < 1.29 is 33.3 Å². The molecule has 3 unspecified atom stereocenters. The van der Waals surface area contributed by atoms with Crippen molar-refractivity contribution in [2.24, 2.45) is 11.8 Å². The van der Waals surface area contributed by atoms with Gasteiger partial charge in [-0.1, -0.05) is 235 Å². The molecule has 0 aromatic carbocycles. The third-order valence-electron chi connectivity index (χ3n) is 15.1. The third-order valence-corrected chi connectivity index (χ3v) is 15.1. The number of ether oxygens (including phenoxy) is 4. The van der Waals surface area contributed by atoms with Crippen LogP contribution >= 0.6 is 0 Å². The average molecular weight is 1010 g/mol. The highest BCUT2D eigenvalue weighted by molar-refractivity contribution is 5.72. The molecule has 0 heterocycles. The largest absolute Gasteiger partial charge is 0.508 e. The van der Waals surface area contributed by atoms with Crippen LogP contribution in [0.5, 0.6) is 0 Å². The van der Waals surface area contributed by atoms with Gasteiger partial charge in [-0.25, -0.2) is 4.79 Å². The van der Waals surface area contributed by atoms with E-state index < -0.39 is 6.16 Å². The maximum Gasteiger partial charge on any atom is 0.508 e. The summed E-state index contributed by atoms with van der Waals surface area (Å²) in [5.41, 5.74) is 0. The van der Waals surface area contributed by atoms with Crippen LogP contribution in [0.1, 0.15) is 305 Å². The van der Waals surface area contributed by atoms with Crippen LogP contribution in [-0.4, -0.2) is 93.1 Å². The average Bonchev–Trinajstić information content (AvgIpc) is 3.37. The Labute approximate surface area is 441 Å². The van der Waals surface area contributed by atoms with E-state index in [9.17, 15) is 14.4 Å². The third kappa shape index (κ3) is 46.4. The Morgan fingerprint density at radius 3 is 1.15 bits per heavy atom. The van der Waals surface area contributed by atoms with E-state index >= 15 is 0 Å². The number of carbonyl (C=O) groups excluding carboxylic acids is 3. The number of unbranched alkanes of at least 4 members (excludes halogenated alkanes) is 27. The standard InChI is InChI=1S/C62H122N2O7/c1-8-15-19-23-25-27-31-39-47-58(46-38-29-22-18-11-4)61(66)69-54-43-35-33-41-49-59(71-62(67)70-55-52-64(14-7)51-50-63(12-5)13-6)48-40-32-34-42-53-68-60(65)56-57(44-36-28-21-17-10-3)45-37-30-26-24-20-16-9-2/h57-59H,8-56H2,1-7H3. The molecule has 0 aliphatic heterocycles. The first-order chi connectivity index (χ1) is 34.8. The van der Waals surface area contributed by atoms with Crippen molar-refractivity contribution in [2.75, 3.05) is 59.1 Å². The zero-order valence-electron chi connectivity index (χ0n) is 48.6. The normalized spacial score (nSPS) is 12.9. The lowest BCUT2D eigenvalue weighted by Gasteiger charge is -2.25. The SMILES string of the molecule is CCCCCCCCCCC(CCCCCCC)C(=O)OCCCCCCC(CCCCCCOC(=O)CC(CCCCCCC)CCCCCCCCC)OC(=O)OCCN(CC)CCN(CC)CC. The molecule has 0 saturated heterocycles. The van der Waals surface area contributed by atoms with Crippen molar-refractivity contribution in [3.8, 4) is 0 Å². The van der Waals surface area contributed by atoms with E-state index in [1.165, 1.54) is 148 Å². The Morgan fingerprint density at radius 2 is 0.718 bits per heavy atom. The van der Waals surface area contributed by atoms with Crippen LogP contribution in [-0.2, 0) is 28.5 Å². The molecule has 0 spiro atoms. The molecule has 9 nitrogen and oxygen atoms in total. The van der Waals surface area contributed by atoms with E-state index in [2.05, 4.69) is 58.3 Å². The van der Waals surface area contributed by atoms with Crippen LogP contribution in [0.15, 0.2) is 0 Å². The summed E-state index contributed by atoms with van der Waals surface area (Å²) in [5, 5.41) is 0. The molecule has 0 aromatic rings. The maximum absolute atomic E-state index is 13.3. The molecule has 71 heavy (non-hydrogen) atoms. The molecule has 0 amide bonds. The number of likely N-dealkylation sites (N-methyl/N-ethyl adjacent to an activating group) is 2. The van der Waals surface area contributed by atoms with Crippen LogP contribution in [0, 0.1) is 11.8 Å². The molecule has 0 saturated carbocycles. The highest BCUT2D eigenvalue weighted by Gasteiger charge is 2.20. The second-order valence-electron chi connectivity index (χ2n) is 21.4. The first-order valence-corrected chi connectivity index (χ1v) is 31.4. The Morgan fingerprint density at radius 1 is 0.352 bits per heavy atom. The van der Waals surface area contributed by atoms with Gasteiger partial charge in [0.15, 0.2) is 0 Å². The summed E-state index contributed by atoms with van der Waals surface area (Å²) in [6.45, 7) is 22.6. The van der Waals surface area contributed by atoms with Crippen LogP contribution in [0.3, 0.4) is 0 Å². The summed E-state index contributed by atoms with van der Waals surface area (Å²) in [6.07, 6.45) is 45.2. The van der Waals surface area contributed by atoms with Gasteiger partial charge in [0.25, 0.3) is 0 Å². The first-order valence-electron chi connectivity index (χ1n) is 31.4. The maximum atomic E-state index is 13.3. The lowest BCUT2D eigenvalue weighted by Crippen LogP contribution is -2.37. The smallest absolute Gasteiger partial charge is 0.466 e. The van der Waals surface area contributed by atoms with Crippen molar-refractivity contribution in [3.63, 3.8) is 0 Å². The fraction of sp³-hybridized carbons (Fsp3) is 0.952. The van der Waals surface area contributed by atoms with Crippen molar-refractivity contribution >= 4 is 18.1 Å². The van der Waals surface area contributed by atoms with Crippen LogP contribution in [0.2, 0.25) is 0 Å². The monoisotopic (exact) mass is 1010 g/mol. The Balaban J connectivity index is 5.00. The Kier molecular flexibility index (Phi) is 53.0. The van der Waals surface area contributed by atoms with Gasteiger partial charge in [-0.05, 0) is 89.8 Å². The second kappa shape index (κ2) is 54.4. The molecule has 0 fully saturated rings. The number of hydrogen-bond donors (Lipinski definition) is 0. The van der Waals surface area contributed by atoms with Crippen molar-refractivity contribution in [3.05, 3.63) is 0 Å². The summed E-state index contributed by atoms with van der Waals surface area (Å²) in [6, 6.07) is 0. The van der Waals surface area contributed by atoms with Crippen LogP contribution in [0.25, 0.3) is 0 Å². The predicted molar refractivity (Wildman–Crippen MR) is 302 cm³/mol. The zero-order valence-corrected chi connectivity index (χ0v) is 48.6. The fourth-order valence-corrected chi connectivity index (χ4v) is 10.0. The predicted octanol–water partition coefficient (Wildman–Crippen LogP) is 18.2. The molecular weight excluding hydrogens is 885 g/mol. The number of hydrogen-bond acceptors (Lipinski definition) is 9. The second-order valence-corrected chi connectivity index (χ2v) is 21.4. The van der Waals surface area contributed by atoms with Crippen LogP contribution in [0.4, 0.5) is 4.79 Å². The van der Waals surface area contributed by atoms with Crippen molar-refractivity contribution in [2.45, 2.75) is 311 Å². The summed E-state index contributed by atoms with van der Waals surface area (Å²) in [4.78, 5) is 44.0. The number of rotatable bonds is 56. The van der Waals surface area contributed by atoms with Gasteiger partial charge in [-0.2, -0.15) is 0 Å². The molecular formula is C62H122N2O7. The lowest BCUT2D eigenvalue weighted by atomic mass is 9.91. The van der Waals surface area contributed by atoms with E-state index in [0.717, 1.165) is 135 Å². The van der Waals surface area contributed by atoms with Crippen LogP contribution < -0.4 is 0 Å². The van der Waals surface area contributed by atoms with Gasteiger partial charge in [0, 0.05) is 26.1 Å². The van der Waals surface area contributed by atoms with Gasteiger partial charge < -0.3 is 23.8 Å². The molecule has 3 atom stereocenters. The Bertz CT molecular complexity index is 1140. The van der Waals surface area contributed by atoms with Gasteiger partial charge in [-0.3, -0.25) is 14.5 Å². The van der Waals surface area contributed by atoms with E-state index in [1.807, 2.05) is 0 Å². The van der Waals surface area contributed by atoms with E-state index in [-0.39, 0.29) is 24.0 Å². The molecule has 422 valence electrons. The van der Waals surface area contributed by atoms with E-state index in [0.29, 0.717) is 38.7 Å². The molecule has 9 heteroatoms. The van der Waals surface area contributed by atoms with Gasteiger partial charge in [0.1, 0.15) is 12.7 Å². The summed E-state index contributed by atoms with van der Waals surface area (Å²) < 4.78 is 23.3. The summed E-state index contributed by atoms with van der Waals surface area (Å²) >= 11 is 0. The number of carbonyl (C=O) groups is 3. The highest BCUT2D eigenvalue weighted by atomic mass is 16.7. The Hall–Kier alpha value is -1.87. The lowest BCUT2D eigenvalue weighted by molar-refractivity contribution is -0.149. The molecule has 0 N–H and O–H groups in total. The summed E-state index contributed by atoms with van der Waals surface area (Å²) in [7, 11) is 0. The van der Waals surface area contributed by atoms with E-state index in [4.69, 9.17) is 18.9 Å². The van der Waals surface area contributed by atoms with Gasteiger partial charge >= 0.3 is 18.1 Å². The van der Waals surface area contributed by atoms with Gasteiger partial charge in [0.2, 0.25) is 0 Å². The van der Waals surface area contributed by atoms with Gasteiger partial charge in [-0.15, -0.1) is 0 Å². The number of nitrogens with zero attached hydrogens (tertiary/aromatic N) is 2. The summed E-state index contributed by atoms with van der Waals surface area (Å²) in [5.74, 6) is 0.490. The van der Waals surface area contributed by atoms with Gasteiger partial charge in [0.05, 0.1) is 19.1 Å². The van der Waals surface area contributed by atoms with E-state index in [1.54, 1.807) is 0 Å². The molecule has 0 aliphatic rings. The molecule has 0 aliphatic carbocycles. The highest BCUT2D eigenvalue weighted by Crippen LogP contribution is 2.24. The molecule has 0 bridgehead atoms. The fourth-order valence-electron chi connectivity index (χ4n) is 10.0. The minimum atomic E-state index is -0.563. The minimum absolute atomic E-state index is 0.0192. The number of esters is 2. The first kappa shape index (κ1) is 69.1. The quantitative estimate of drug-likeness (QED) is 0.0335. The zero-order chi connectivity index (χ0) is 52.1. The van der Waals surface area contributed by atoms with Crippen molar-refractivity contribution in [1.82, 2.24) is 9.80 Å². The topological polar surface area (TPSA) is 94.6 Å². The van der Waals surface area contributed by atoms with Crippen molar-refractivity contribution in [1.29, 1.82) is 0 Å². The molecule has 0 radical (unpaired) electrons. The molecule has 0 aromatic heterocycles. The minimum Gasteiger partial charge on any atom is -0.466 e. The molecule has 0 rings (SSSR count).